The van der Waals surface area contributed by atoms with E-state index in [2.05, 4.69) is 4.99 Å². The van der Waals surface area contributed by atoms with Gasteiger partial charge in [0.25, 0.3) is 0 Å². The molecule has 1 aliphatic rings. The fourth-order valence-electron chi connectivity index (χ4n) is 2.84. The van der Waals surface area contributed by atoms with Crippen LogP contribution < -0.4 is 4.90 Å². The van der Waals surface area contributed by atoms with Gasteiger partial charge in [0.05, 0.1) is 5.75 Å². The molecule has 2 aromatic rings. The summed E-state index contributed by atoms with van der Waals surface area (Å²) >= 11 is 0.657. The van der Waals surface area contributed by atoms with E-state index in [9.17, 15) is 17.6 Å². The molecule has 138 valence electrons. The van der Waals surface area contributed by atoms with E-state index in [0.717, 1.165) is 24.5 Å². The second kappa shape index (κ2) is 7.70. The van der Waals surface area contributed by atoms with Gasteiger partial charge in [0.2, 0.25) is 0 Å². The second-order valence-electron chi connectivity index (χ2n) is 6.09. The molecule has 0 atom stereocenters. The number of benzene rings is 2. The normalized spacial score (nSPS) is 16.5. The van der Waals surface area contributed by atoms with Gasteiger partial charge < -0.3 is 4.90 Å². The Hall–Kier alpha value is -2.02. The molecule has 2 aromatic carbocycles. The van der Waals surface area contributed by atoms with Crippen LogP contribution in [0, 0.1) is 12.7 Å². The van der Waals surface area contributed by atoms with Crippen LogP contribution in [0.3, 0.4) is 0 Å². The van der Waals surface area contributed by atoms with Crippen LogP contribution in [0.2, 0.25) is 0 Å². The van der Waals surface area contributed by atoms with Gasteiger partial charge in [-0.3, -0.25) is 0 Å². The van der Waals surface area contributed by atoms with Crippen molar-refractivity contribution >= 4 is 29.0 Å². The number of hydrogen-bond donors (Lipinski definition) is 0. The highest BCUT2D eigenvalue weighted by atomic mass is 32.2. The average molecular weight is 382 g/mol. The predicted octanol–water partition coefficient (Wildman–Crippen LogP) is 6.12. The van der Waals surface area contributed by atoms with Gasteiger partial charge in [-0.15, -0.1) is 11.8 Å². The highest BCUT2D eigenvalue weighted by molar-refractivity contribution is 7.99. The van der Waals surface area contributed by atoms with Crippen molar-refractivity contribution in [2.45, 2.75) is 30.8 Å². The Morgan fingerprint density at radius 1 is 1.15 bits per heavy atom. The number of aryl methyl sites for hydroxylation is 1. The molecule has 1 heterocycles. The molecule has 1 saturated heterocycles. The Labute approximate surface area is 153 Å². The minimum atomic E-state index is -4.27. The maximum Gasteiger partial charge on any atom is 0.398 e. The van der Waals surface area contributed by atoms with E-state index in [-0.39, 0.29) is 5.69 Å². The van der Waals surface area contributed by atoms with Crippen molar-refractivity contribution in [1.29, 1.82) is 0 Å². The smallest absolute Gasteiger partial charge is 0.330 e. The first kappa shape index (κ1) is 18.8. The van der Waals surface area contributed by atoms with E-state index in [4.69, 9.17) is 0 Å². The third-order valence-electron chi connectivity index (χ3n) is 4.05. The first-order chi connectivity index (χ1) is 12.3. The van der Waals surface area contributed by atoms with Crippen molar-refractivity contribution in [2.24, 2.45) is 4.99 Å². The molecule has 0 saturated carbocycles. The lowest BCUT2D eigenvalue weighted by Crippen LogP contribution is -2.23. The molecule has 0 unspecified atom stereocenters. The third kappa shape index (κ3) is 4.58. The Kier molecular flexibility index (Phi) is 5.55. The minimum Gasteiger partial charge on any atom is -0.330 e. The molecule has 1 fully saturated rings. The molecule has 0 spiro atoms. The number of aliphatic imine (C=N–C) groups is 1. The Balaban J connectivity index is 1.89. The number of alkyl halides is 3. The SMILES string of the molecule is Cc1cc(F)c(N=C2CCCN2c2ccccc2)cc1SCC(F)(F)F. The zero-order chi connectivity index (χ0) is 18.7. The summed E-state index contributed by atoms with van der Waals surface area (Å²) in [6.07, 6.45) is -2.67. The first-order valence-electron chi connectivity index (χ1n) is 8.23. The lowest BCUT2D eigenvalue weighted by atomic mass is 10.2. The van der Waals surface area contributed by atoms with Gasteiger partial charge in [0.1, 0.15) is 17.3 Å². The Morgan fingerprint density at radius 3 is 2.58 bits per heavy atom. The number of anilines is 1. The van der Waals surface area contributed by atoms with Crippen molar-refractivity contribution in [1.82, 2.24) is 0 Å². The Morgan fingerprint density at radius 2 is 1.88 bits per heavy atom. The minimum absolute atomic E-state index is 0.0816. The summed E-state index contributed by atoms with van der Waals surface area (Å²) in [5, 5.41) is 0. The summed E-state index contributed by atoms with van der Waals surface area (Å²) in [6.45, 7) is 2.39. The van der Waals surface area contributed by atoms with Crippen molar-refractivity contribution in [3.63, 3.8) is 0 Å². The first-order valence-corrected chi connectivity index (χ1v) is 9.22. The van der Waals surface area contributed by atoms with E-state index < -0.39 is 17.7 Å². The van der Waals surface area contributed by atoms with Crippen LogP contribution in [0.15, 0.2) is 52.4 Å². The average Bonchev–Trinajstić information content (AvgIpc) is 3.04. The van der Waals surface area contributed by atoms with Crippen molar-refractivity contribution in [2.75, 3.05) is 17.2 Å². The van der Waals surface area contributed by atoms with Crippen molar-refractivity contribution < 1.29 is 17.6 Å². The summed E-state index contributed by atoms with van der Waals surface area (Å²) < 4.78 is 51.8. The number of rotatable bonds is 4. The van der Waals surface area contributed by atoms with Crippen LogP contribution >= 0.6 is 11.8 Å². The van der Waals surface area contributed by atoms with Gasteiger partial charge in [0, 0.05) is 23.5 Å². The van der Waals surface area contributed by atoms with Crippen LogP contribution in [-0.2, 0) is 0 Å². The van der Waals surface area contributed by atoms with Gasteiger partial charge in [-0.05, 0) is 43.2 Å². The van der Waals surface area contributed by atoms with Crippen LogP contribution in [0.5, 0.6) is 0 Å². The van der Waals surface area contributed by atoms with Crippen LogP contribution in [0.25, 0.3) is 0 Å². The quantitative estimate of drug-likeness (QED) is 0.468. The highest BCUT2D eigenvalue weighted by Crippen LogP contribution is 2.34. The molecule has 0 radical (unpaired) electrons. The van der Waals surface area contributed by atoms with E-state index in [1.54, 1.807) is 6.92 Å². The number of halogens is 4. The van der Waals surface area contributed by atoms with Gasteiger partial charge in [-0.25, -0.2) is 9.38 Å². The Bertz CT molecular complexity index is 803. The van der Waals surface area contributed by atoms with Crippen LogP contribution in [0.4, 0.5) is 28.9 Å². The predicted molar refractivity (Wildman–Crippen MR) is 98.0 cm³/mol. The van der Waals surface area contributed by atoms with E-state index in [1.807, 2.05) is 35.2 Å². The van der Waals surface area contributed by atoms with Gasteiger partial charge >= 0.3 is 6.18 Å². The molecule has 0 aliphatic carbocycles. The number of nitrogens with zero attached hydrogens (tertiary/aromatic N) is 2. The summed E-state index contributed by atoms with van der Waals surface area (Å²) in [6, 6.07) is 12.3. The molecule has 3 rings (SSSR count). The van der Waals surface area contributed by atoms with E-state index in [0.29, 0.717) is 28.6 Å². The molecular weight excluding hydrogens is 364 g/mol. The zero-order valence-corrected chi connectivity index (χ0v) is 15.0. The highest BCUT2D eigenvalue weighted by Gasteiger charge is 2.28. The second-order valence-corrected chi connectivity index (χ2v) is 7.11. The molecule has 0 aromatic heterocycles. The summed E-state index contributed by atoms with van der Waals surface area (Å²) in [4.78, 5) is 6.85. The summed E-state index contributed by atoms with van der Waals surface area (Å²) in [7, 11) is 0. The van der Waals surface area contributed by atoms with E-state index >= 15 is 0 Å². The molecule has 26 heavy (non-hydrogen) atoms. The summed E-state index contributed by atoms with van der Waals surface area (Å²) in [5.74, 6) is -0.803. The zero-order valence-electron chi connectivity index (χ0n) is 14.2. The number of hydrogen-bond acceptors (Lipinski definition) is 2. The molecule has 7 heteroatoms. The number of thioether (sulfide) groups is 1. The standard InChI is InChI=1S/C19H18F4N2S/c1-13-10-15(20)16(11-17(13)26-12-19(21,22)23)24-18-8-5-9-25(18)14-6-3-2-4-7-14/h2-4,6-7,10-11H,5,8-9,12H2,1H3. The maximum atomic E-state index is 14.3. The number of amidine groups is 1. The number of para-hydroxylation sites is 1. The lowest BCUT2D eigenvalue weighted by molar-refractivity contribution is -0.105. The molecular formula is C19H18F4N2S. The van der Waals surface area contributed by atoms with Gasteiger partial charge in [0.15, 0.2) is 0 Å². The molecule has 0 amide bonds. The fraction of sp³-hybridized carbons (Fsp3) is 0.316. The topological polar surface area (TPSA) is 15.6 Å². The molecule has 2 nitrogen and oxygen atoms in total. The van der Waals surface area contributed by atoms with Crippen molar-refractivity contribution in [3.05, 3.63) is 53.8 Å². The maximum absolute atomic E-state index is 14.3. The molecule has 1 aliphatic heterocycles. The van der Waals surface area contributed by atoms with Crippen molar-refractivity contribution in [3.8, 4) is 0 Å². The summed E-state index contributed by atoms with van der Waals surface area (Å²) in [5.41, 5.74) is 1.54. The monoisotopic (exact) mass is 382 g/mol. The largest absolute Gasteiger partial charge is 0.398 e. The van der Waals surface area contributed by atoms with Crippen LogP contribution in [-0.4, -0.2) is 24.3 Å². The van der Waals surface area contributed by atoms with E-state index in [1.165, 1.54) is 12.1 Å². The van der Waals surface area contributed by atoms with Crippen LogP contribution in [0.1, 0.15) is 18.4 Å². The lowest BCUT2D eigenvalue weighted by Gasteiger charge is -2.19. The van der Waals surface area contributed by atoms with Gasteiger partial charge in [-0.2, -0.15) is 13.2 Å². The third-order valence-corrected chi connectivity index (χ3v) is 5.27. The fourth-order valence-corrected chi connectivity index (χ4v) is 3.64. The van der Waals surface area contributed by atoms with Gasteiger partial charge in [-0.1, -0.05) is 18.2 Å². The molecule has 0 N–H and O–H groups in total. The molecule has 0 bridgehead atoms.